The fourth-order valence-corrected chi connectivity index (χ4v) is 3.52. The van der Waals surface area contributed by atoms with Crippen LogP contribution in [0.2, 0.25) is 0 Å². The maximum atomic E-state index is 12.9. The van der Waals surface area contributed by atoms with E-state index in [9.17, 15) is 4.79 Å². The molecule has 1 amide bonds. The van der Waals surface area contributed by atoms with E-state index in [0.29, 0.717) is 17.3 Å². The predicted molar refractivity (Wildman–Crippen MR) is 97.0 cm³/mol. The monoisotopic (exact) mass is 350 g/mol. The molecule has 3 aromatic heterocycles. The highest BCUT2D eigenvalue weighted by Gasteiger charge is 2.25. The minimum absolute atomic E-state index is 0.0514. The smallest absolute Gasteiger partial charge is 0.255 e. The van der Waals surface area contributed by atoms with Crippen molar-refractivity contribution in [3.8, 4) is 5.82 Å². The van der Waals surface area contributed by atoms with Crippen molar-refractivity contribution in [1.29, 1.82) is 0 Å². The molecule has 4 heterocycles. The first-order valence-electron chi connectivity index (χ1n) is 8.95. The predicted octanol–water partition coefficient (Wildman–Crippen LogP) is 2.39. The molecule has 1 fully saturated rings. The summed E-state index contributed by atoms with van der Waals surface area (Å²) in [4.78, 5) is 19.2. The number of aromatic amines is 1. The fourth-order valence-electron chi connectivity index (χ4n) is 3.52. The van der Waals surface area contributed by atoms with Crippen molar-refractivity contribution in [1.82, 2.24) is 29.9 Å². The highest BCUT2D eigenvalue weighted by molar-refractivity contribution is 5.94. The number of pyridine rings is 1. The van der Waals surface area contributed by atoms with Crippen molar-refractivity contribution in [2.75, 3.05) is 13.1 Å². The number of aryl methyl sites for hydroxylation is 1. The molecule has 7 nitrogen and oxygen atoms in total. The summed E-state index contributed by atoms with van der Waals surface area (Å²) < 4.78 is 1.68. The van der Waals surface area contributed by atoms with E-state index in [1.807, 2.05) is 35.5 Å². The Morgan fingerprint density at radius 2 is 2.27 bits per heavy atom. The molecule has 0 saturated carbocycles. The summed E-state index contributed by atoms with van der Waals surface area (Å²) in [5.41, 5.74) is 2.99. The number of hydrogen-bond acceptors (Lipinski definition) is 4. The van der Waals surface area contributed by atoms with E-state index in [0.717, 1.165) is 32.4 Å². The lowest BCUT2D eigenvalue weighted by Crippen LogP contribution is -2.40. The molecule has 0 radical (unpaired) electrons. The Hall–Kier alpha value is -2.96. The molecule has 3 aromatic rings. The van der Waals surface area contributed by atoms with E-state index in [1.54, 1.807) is 17.1 Å². The Morgan fingerprint density at radius 3 is 2.96 bits per heavy atom. The second-order valence-corrected chi connectivity index (χ2v) is 6.85. The van der Waals surface area contributed by atoms with Gasteiger partial charge in [0.2, 0.25) is 0 Å². The summed E-state index contributed by atoms with van der Waals surface area (Å²) >= 11 is 0. The van der Waals surface area contributed by atoms with Crippen LogP contribution in [0.4, 0.5) is 0 Å². The largest absolute Gasteiger partial charge is 0.338 e. The molecule has 1 saturated heterocycles. The zero-order valence-corrected chi connectivity index (χ0v) is 14.8. The number of likely N-dealkylation sites (tertiary alicyclic amines) is 1. The number of nitrogens with zero attached hydrogens (tertiary/aromatic N) is 5. The first-order chi connectivity index (χ1) is 12.7. The third-order valence-electron chi connectivity index (χ3n) is 4.97. The van der Waals surface area contributed by atoms with Gasteiger partial charge in [0.1, 0.15) is 0 Å². The summed E-state index contributed by atoms with van der Waals surface area (Å²) in [7, 11) is 0. The third kappa shape index (κ3) is 3.37. The SMILES string of the molecule is Cc1cn[nH]c1C[C@@H]1CCCN(C(=O)c2ccc(-n3cccn3)nc2)C1. The van der Waals surface area contributed by atoms with Gasteiger partial charge in [-0.1, -0.05) is 0 Å². The van der Waals surface area contributed by atoms with Gasteiger partial charge in [0.25, 0.3) is 5.91 Å². The molecule has 0 bridgehead atoms. The fraction of sp³-hybridized carbons (Fsp3) is 0.368. The van der Waals surface area contributed by atoms with E-state index in [4.69, 9.17) is 0 Å². The Kier molecular flexibility index (Phi) is 4.51. The number of amides is 1. The lowest BCUT2D eigenvalue weighted by Gasteiger charge is -2.32. The van der Waals surface area contributed by atoms with Crippen molar-refractivity contribution in [2.24, 2.45) is 5.92 Å². The summed E-state index contributed by atoms with van der Waals surface area (Å²) in [5, 5.41) is 11.3. The van der Waals surface area contributed by atoms with Crippen LogP contribution in [0.5, 0.6) is 0 Å². The Bertz CT molecular complexity index is 868. The standard InChI is InChI=1S/C19H22N6O/c1-14-11-21-23-17(14)10-15-4-2-8-24(13-15)19(26)16-5-6-18(20-12-16)25-9-3-7-22-25/h3,5-7,9,11-12,15H,2,4,8,10,13H2,1H3,(H,21,23)/t15-/m0/s1. The number of nitrogens with one attached hydrogen (secondary N) is 1. The normalized spacial score (nSPS) is 17.4. The Morgan fingerprint density at radius 1 is 1.35 bits per heavy atom. The first kappa shape index (κ1) is 16.5. The number of H-pyrrole nitrogens is 1. The molecule has 1 N–H and O–H groups in total. The van der Waals surface area contributed by atoms with Gasteiger partial charge in [0.15, 0.2) is 5.82 Å². The van der Waals surface area contributed by atoms with Crippen LogP contribution in [0.1, 0.15) is 34.5 Å². The number of hydrogen-bond donors (Lipinski definition) is 1. The average Bonchev–Trinajstić information content (AvgIpc) is 3.34. The summed E-state index contributed by atoms with van der Waals surface area (Å²) in [6.45, 7) is 3.65. The van der Waals surface area contributed by atoms with Gasteiger partial charge in [-0.3, -0.25) is 9.89 Å². The second-order valence-electron chi connectivity index (χ2n) is 6.85. The van der Waals surface area contributed by atoms with Crippen LogP contribution in [0, 0.1) is 12.8 Å². The van der Waals surface area contributed by atoms with Crippen molar-refractivity contribution >= 4 is 5.91 Å². The zero-order chi connectivity index (χ0) is 17.9. The number of aromatic nitrogens is 5. The van der Waals surface area contributed by atoms with E-state index in [-0.39, 0.29) is 5.91 Å². The molecular weight excluding hydrogens is 328 g/mol. The zero-order valence-electron chi connectivity index (χ0n) is 14.8. The maximum Gasteiger partial charge on any atom is 0.255 e. The topological polar surface area (TPSA) is 79.7 Å². The molecule has 0 spiro atoms. The third-order valence-corrected chi connectivity index (χ3v) is 4.97. The summed E-state index contributed by atoms with van der Waals surface area (Å²) in [6, 6.07) is 5.50. The maximum absolute atomic E-state index is 12.9. The molecule has 0 aliphatic carbocycles. The van der Waals surface area contributed by atoms with Crippen LogP contribution < -0.4 is 0 Å². The molecular formula is C19H22N6O. The van der Waals surface area contributed by atoms with Gasteiger partial charge in [-0.05, 0) is 55.9 Å². The van der Waals surface area contributed by atoms with Gasteiger partial charge >= 0.3 is 0 Å². The van der Waals surface area contributed by atoms with Gasteiger partial charge in [-0.2, -0.15) is 10.2 Å². The van der Waals surface area contributed by atoms with E-state index < -0.39 is 0 Å². The quantitative estimate of drug-likeness (QED) is 0.783. The van der Waals surface area contributed by atoms with E-state index >= 15 is 0 Å². The Labute approximate surface area is 152 Å². The van der Waals surface area contributed by atoms with Crippen LogP contribution in [0.25, 0.3) is 5.82 Å². The lowest BCUT2D eigenvalue weighted by molar-refractivity contribution is 0.0672. The number of piperidine rings is 1. The molecule has 0 unspecified atom stereocenters. The van der Waals surface area contributed by atoms with Crippen molar-refractivity contribution in [2.45, 2.75) is 26.2 Å². The van der Waals surface area contributed by atoms with Gasteiger partial charge in [-0.25, -0.2) is 9.67 Å². The van der Waals surface area contributed by atoms with Crippen molar-refractivity contribution < 1.29 is 4.79 Å². The first-order valence-corrected chi connectivity index (χ1v) is 8.95. The van der Waals surface area contributed by atoms with Crippen LogP contribution in [0.3, 0.4) is 0 Å². The molecule has 26 heavy (non-hydrogen) atoms. The second kappa shape index (κ2) is 7.11. The van der Waals surface area contributed by atoms with E-state index in [1.165, 1.54) is 11.3 Å². The minimum atomic E-state index is 0.0514. The number of carbonyl (C=O) groups is 1. The van der Waals surface area contributed by atoms with E-state index in [2.05, 4.69) is 27.2 Å². The van der Waals surface area contributed by atoms with Gasteiger partial charge in [0, 0.05) is 37.4 Å². The van der Waals surface area contributed by atoms with Gasteiger partial charge < -0.3 is 4.90 Å². The number of rotatable bonds is 4. The molecule has 1 aliphatic heterocycles. The average molecular weight is 350 g/mol. The van der Waals surface area contributed by atoms with Crippen molar-refractivity contribution in [3.05, 3.63) is 59.8 Å². The molecule has 4 rings (SSSR count). The lowest BCUT2D eigenvalue weighted by atomic mass is 9.92. The van der Waals surface area contributed by atoms with Crippen LogP contribution in [-0.2, 0) is 6.42 Å². The molecule has 134 valence electrons. The van der Waals surface area contributed by atoms with Crippen LogP contribution >= 0.6 is 0 Å². The highest BCUT2D eigenvalue weighted by Crippen LogP contribution is 2.22. The summed E-state index contributed by atoms with van der Waals surface area (Å²) in [6.07, 6.45) is 10.1. The molecule has 0 aromatic carbocycles. The van der Waals surface area contributed by atoms with Gasteiger partial charge in [-0.15, -0.1) is 0 Å². The molecule has 1 aliphatic rings. The number of carbonyl (C=O) groups excluding carboxylic acids is 1. The van der Waals surface area contributed by atoms with Crippen LogP contribution in [-0.4, -0.2) is 48.9 Å². The summed E-state index contributed by atoms with van der Waals surface area (Å²) in [5.74, 6) is 1.22. The van der Waals surface area contributed by atoms with Crippen LogP contribution in [0.15, 0.2) is 43.0 Å². The molecule has 7 heteroatoms. The highest BCUT2D eigenvalue weighted by atomic mass is 16.2. The van der Waals surface area contributed by atoms with Gasteiger partial charge in [0.05, 0.1) is 11.8 Å². The van der Waals surface area contributed by atoms with Crippen molar-refractivity contribution in [3.63, 3.8) is 0 Å². The Balaban J connectivity index is 1.43. The molecule has 1 atom stereocenters. The minimum Gasteiger partial charge on any atom is -0.338 e.